The lowest BCUT2D eigenvalue weighted by Crippen LogP contribution is -1.90. The van der Waals surface area contributed by atoms with Gasteiger partial charge in [0, 0.05) is 0 Å². The Balaban J connectivity index is 0.921. The van der Waals surface area contributed by atoms with E-state index in [4.69, 9.17) is 0 Å². The van der Waals surface area contributed by atoms with Gasteiger partial charge in [-0.2, -0.15) is 0 Å². The highest BCUT2D eigenvalue weighted by Gasteiger charge is 2.16. The van der Waals surface area contributed by atoms with Gasteiger partial charge in [0.25, 0.3) is 0 Å². The Hall–Kier alpha value is -7.28. The van der Waals surface area contributed by atoms with E-state index < -0.39 is 0 Å². The van der Waals surface area contributed by atoms with E-state index in [0.29, 0.717) is 0 Å². The first-order valence-corrected chi connectivity index (χ1v) is 19.5. The van der Waals surface area contributed by atoms with E-state index in [2.05, 4.69) is 206 Å². The van der Waals surface area contributed by atoms with Crippen LogP contribution in [0.2, 0.25) is 0 Å². The lowest BCUT2D eigenvalue weighted by atomic mass is 9.88. The third kappa shape index (κ3) is 4.73. The van der Waals surface area contributed by atoms with Gasteiger partial charge in [0.2, 0.25) is 0 Å². The molecule has 0 aromatic heterocycles. The fourth-order valence-electron chi connectivity index (χ4n) is 9.48. The Kier molecular flexibility index (Phi) is 6.73. The number of hydrogen-bond donors (Lipinski definition) is 0. The molecule has 0 atom stereocenters. The Morgan fingerprint density at radius 3 is 1.04 bits per heavy atom. The van der Waals surface area contributed by atoms with Gasteiger partial charge in [-0.25, -0.2) is 0 Å². The van der Waals surface area contributed by atoms with E-state index in [-0.39, 0.29) is 0 Å². The van der Waals surface area contributed by atoms with Crippen LogP contribution in [0.3, 0.4) is 0 Å². The first kappa shape index (κ1) is 31.1. The van der Waals surface area contributed by atoms with Crippen molar-refractivity contribution in [2.24, 2.45) is 0 Å². The minimum absolute atomic E-state index is 1.21. The molecule has 0 heterocycles. The van der Waals surface area contributed by atoms with Gasteiger partial charge in [-0.1, -0.05) is 200 Å². The average Bonchev–Trinajstić information content (AvgIpc) is 3.27. The van der Waals surface area contributed by atoms with E-state index in [1.54, 1.807) is 0 Å². The fourth-order valence-corrected chi connectivity index (χ4v) is 9.48. The van der Waals surface area contributed by atoms with Crippen LogP contribution in [-0.2, 0) is 0 Å². The Bertz CT molecular complexity index is 3390. The zero-order valence-corrected chi connectivity index (χ0v) is 30.6. The molecule has 0 aliphatic carbocycles. The highest BCUT2D eigenvalue weighted by Crippen LogP contribution is 2.43. The highest BCUT2D eigenvalue weighted by atomic mass is 14.2. The molecule has 0 fully saturated rings. The fraction of sp³-hybridized carbons (Fsp3) is 0. The van der Waals surface area contributed by atoms with E-state index in [1.807, 2.05) is 0 Å². The first-order valence-electron chi connectivity index (χ1n) is 19.5. The van der Waals surface area contributed by atoms with Crippen molar-refractivity contribution < 1.29 is 0 Å². The summed E-state index contributed by atoms with van der Waals surface area (Å²) in [7, 11) is 0. The Morgan fingerprint density at radius 1 is 0.179 bits per heavy atom. The summed E-state index contributed by atoms with van der Waals surface area (Å²) in [6.07, 6.45) is 0. The minimum atomic E-state index is 1.21. The van der Waals surface area contributed by atoms with Gasteiger partial charge in [0.05, 0.1) is 0 Å². The maximum absolute atomic E-state index is 2.37. The van der Waals surface area contributed by atoms with Crippen LogP contribution < -0.4 is 0 Å². The van der Waals surface area contributed by atoms with Gasteiger partial charge >= 0.3 is 0 Å². The summed E-state index contributed by atoms with van der Waals surface area (Å²) in [5, 5.41) is 15.8. The molecular formula is C56H34. The summed E-state index contributed by atoms with van der Waals surface area (Å²) in [5.74, 6) is 0. The second-order valence-corrected chi connectivity index (χ2v) is 15.2. The van der Waals surface area contributed by atoms with Gasteiger partial charge < -0.3 is 0 Å². The van der Waals surface area contributed by atoms with Crippen molar-refractivity contribution >= 4 is 64.6 Å². The third-order valence-corrected chi connectivity index (χ3v) is 12.2. The summed E-state index contributed by atoms with van der Waals surface area (Å²) < 4.78 is 0. The lowest BCUT2D eigenvalue weighted by Gasteiger charge is -2.16. The summed E-state index contributed by atoms with van der Waals surface area (Å²) in [4.78, 5) is 0. The molecule has 0 unspecified atom stereocenters. The molecular weight excluding hydrogens is 673 g/mol. The van der Waals surface area contributed by atoms with Gasteiger partial charge in [0.15, 0.2) is 0 Å². The van der Waals surface area contributed by atoms with Crippen LogP contribution in [0.25, 0.3) is 120 Å². The molecule has 0 bridgehead atoms. The van der Waals surface area contributed by atoms with Crippen LogP contribution >= 0.6 is 0 Å². The first-order chi connectivity index (χ1) is 27.7. The standard InChI is InChI=1S/C56H34/c1-2-6-36(7-3-1)52-34-46(35-12-14-37(15-13-35)47-29-24-44-22-20-40-8-4-10-42-26-32-50(47)55(44)53(40)42)28-31-49(52)39-18-16-38(17-19-39)48-30-25-45-23-21-41-9-5-11-43-27-33-51(48)56(45)54(41)43/h1-34H. The van der Waals surface area contributed by atoms with Crippen LogP contribution in [0.4, 0.5) is 0 Å². The van der Waals surface area contributed by atoms with Crippen LogP contribution in [-0.4, -0.2) is 0 Å². The molecule has 0 saturated carbocycles. The van der Waals surface area contributed by atoms with Gasteiger partial charge in [-0.05, 0) is 126 Å². The van der Waals surface area contributed by atoms with Crippen LogP contribution in [0, 0.1) is 0 Å². The monoisotopic (exact) mass is 706 g/mol. The predicted molar refractivity (Wildman–Crippen MR) is 241 cm³/mol. The van der Waals surface area contributed by atoms with Gasteiger partial charge in [-0.3, -0.25) is 0 Å². The van der Waals surface area contributed by atoms with Crippen molar-refractivity contribution in [1.82, 2.24) is 0 Å². The van der Waals surface area contributed by atoms with Crippen molar-refractivity contribution in [2.45, 2.75) is 0 Å². The quantitative estimate of drug-likeness (QED) is 0.156. The van der Waals surface area contributed by atoms with Crippen molar-refractivity contribution in [3.63, 3.8) is 0 Å². The third-order valence-electron chi connectivity index (χ3n) is 12.2. The summed E-state index contributed by atoms with van der Waals surface area (Å²) >= 11 is 0. The van der Waals surface area contributed by atoms with Gasteiger partial charge in [0.1, 0.15) is 0 Å². The molecule has 0 saturated heterocycles. The van der Waals surface area contributed by atoms with Crippen molar-refractivity contribution in [1.29, 1.82) is 0 Å². The highest BCUT2D eigenvalue weighted by molar-refractivity contribution is 6.26. The molecule has 0 aliphatic heterocycles. The molecule has 12 aromatic carbocycles. The van der Waals surface area contributed by atoms with E-state index in [1.165, 1.54) is 120 Å². The Labute approximate surface area is 325 Å². The topological polar surface area (TPSA) is 0 Å². The van der Waals surface area contributed by atoms with Gasteiger partial charge in [-0.15, -0.1) is 0 Å². The van der Waals surface area contributed by atoms with Crippen LogP contribution in [0.1, 0.15) is 0 Å². The zero-order chi connectivity index (χ0) is 36.7. The maximum Gasteiger partial charge on any atom is -0.00206 e. The number of rotatable bonds is 5. The summed E-state index contributed by atoms with van der Waals surface area (Å²) in [6, 6.07) is 76.6. The molecule has 0 heteroatoms. The van der Waals surface area contributed by atoms with Crippen LogP contribution in [0.15, 0.2) is 206 Å². The lowest BCUT2D eigenvalue weighted by molar-refractivity contribution is 1.56. The number of benzene rings is 12. The van der Waals surface area contributed by atoms with Crippen LogP contribution in [0.5, 0.6) is 0 Å². The molecule has 0 nitrogen and oxygen atoms in total. The van der Waals surface area contributed by atoms with Crippen molar-refractivity contribution in [3.05, 3.63) is 206 Å². The SMILES string of the molecule is c1ccc(-c2cc(-c3ccc(-c4ccc5ccc6cccc7ccc4c5c67)cc3)ccc2-c2ccc(-c3ccc4ccc5cccc6ccc3c4c56)cc2)cc1. The molecule has 0 spiro atoms. The number of hydrogen-bond acceptors (Lipinski definition) is 0. The summed E-state index contributed by atoms with van der Waals surface area (Å²) in [5.41, 5.74) is 12.3. The van der Waals surface area contributed by atoms with E-state index in [9.17, 15) is 0 Å². The molecule has 0 N–H and O–H groups in total. The maximum atomic E-state index is 2.37. The minimum Gasteiger partial charge on any atom is -0.0622 e. The second kappa shape index (κ2) is 12.1. The molecule has 0 aliphatic rings. The normalized spacial score (nSPS) is 11.9. The Morgan fingerprint density at radius 2 is 0.536 bits per heavy atom. The molecule has 56 heavy (non-hydrogen) atoms. The molecule has 12 aromatic rings. The van der Waals surface area contributed by atoms with Crippen molar-refractivity contribution in [3.8, 4) is 55.6 Å². The molecule has 258 valence electrons. The van der Waals surface area contributed by atoms with E-state index in [0.717, 1.165) is 0 Å². The van der Waals surface area contributed by atoms with E-state index >= 15 is 0 Å². The summed E-state index contributed by atoms with van der Waals surface area (Å²) in [6.45, 7) is 0. The smallest absolute Gasteiger partial charge is 0.00206 e. The second-order valence-electron chi connectivity index (χ2n) is 15.2. The largest absolute Gasteiger partial charge is 0.0622 e. The average molecular weight is 707 g/mol. The molecule has 12 rings (SSSR count). The zero-order valence-electron chi connectivity index (χ0n) is 30.6. The van der Waals surface area contributed by atoms with Crippen molar-refractivity contribution in [2.75, 3.05) is 0 Å². The molecule has 0 amide bonds. The predicted octanol–water partition coefficient (Wildman–Crippen LogP) is 15.8. The molecule has 0 radical (unpaired) electrons.